The molecule has 0 fully saturated rings. The van der Waals surface area contributed by atoms with Crippen LogP contribution in [0.5, 0.6) is 23.0 Å². The first-order chi connectivity index (χ1) is 19.3. The highest BCUT2D eigenvalue weighted by Crippen LogP contribution is 2.62. The molecule has 0 aromatic heterocycles. The molecular weight excluding hydrogens is 476 g/mol. The number of para-hydroxylation sites is 3. The van der Waals surface area contributed by atoms with E-state index < -0.39 is 5.41 Å². The molecule has 0 amide bonds. The fraction of sp³-hybridized carbons (Fsp3) is 0.0270. The number of ether oxygens (including phenoxy) is 2. The lowest BCUT2D eigenvalue weighted by atomic mass is 9.62. The monoisotopic (exact) mass is 500 g/mol. The third-order valence-electron chi connectivity index (χ3n) is 8.01. The van der Waals surface area contributed by atoms with Gasteiger partial charge in [0, 0.05) is 27.8 Å². The van der Waals surface area contributed by atoms with Crippen LogP contribution >= 0.6 is 0 Å². The normalized spacial score (nSPS) is 16.2. The molecular formula is C37H24O2. The van der Waals surface area contributed by atoms with E-state index in [-0.39, 0.29) is 0 Å². The van der Waals surface area contributed by atoms with Crippen LogP contribution in [0.3, 0.4) is 0 Å². The predicted octanol–water partition coefficient (Wildman–Crippen LogP) is 9.61. The molecule has 1 spiro atoms. The minimum absolute atomic E-state index is 0.603. The minimum atomic E-state index is -0.603. The van der Waals surface area contributed by atoms with Gasteiger partial charge in [0.25, 0.3) is 0 Å². The van der Waals surface area contributed by atoms with E-state index in [1.165, 1.54) is 0 Å². The lowest BCUT2D eigenvalue weighted by molar-refractivity contribution is 0.400. The van der Waals surface area contributed by atoms with Crippen LogP contribution in [-0.2, 0) is 5.41 Å². The molecule has 6 aromatic carbocycles. The van der Waals surface area contributed by atoms with Gasteiger partial charge in [0.05, 0.1) is 5.41 Å². The van der Waals surface area contributed by atoms with Gasteiger partial charge in [-0.15, -0.1) is 0 Å². The number of hydrogen-bond donors (Lipinski definition) is 0. The van der Waals surface area contributed by atoms with Crippen LogP contribution in [0.2, 0.25) is 0 Å². The second-order valence-corrected chi connectivity index (χ2v) is 10.1. The highest BCUT2D eigenvalue weighted by molar-refractivity contribution is 5.82. The first-order valence-electron chi connectivity index (χ1n) is 13.3. The Bertz CT molecular complexity index is 1840. The van der Waals surface area contributed by atoms with Crippen molar-refractivity contribution in [3.05, 3.63) is 168 Å². The van der Waals surface area contributed by atoms with Gasteiger partial charge in [-0.05, 0) is 34.9 Å². The summed E-state index contributed by atoms with van der Waals surface area (Å²) in [6.45, 7) is 0. The molecule has 2 aliphatic heterocycles. The average molecular weight is 501 g/mol. The Balaban J connectivity index is 1.49. The molecule has 6 aromatic rings. The van der Waals surface area contributed by atoms with Crippen molar-refractivity contribution in [2.75, 3.05) is 0 Å². The van der Waals surface area contributed by atoms with Crippen LogP contribution in [0, 0.1) is 0 Å². The van der Waals surface area contributed by atoms with Crippen molar-refractivity contribution in [2.24, 2.45) is 0 Å². The van der Waals surface area contributed by atoms with E-state index in [0.29, 0.717) is 0 Å². The summed E-state index contributed by atoms with van der Waals surface area (Å²) < 4.78 is 13.4. The summed E-state index contributed by atoms with van der Waals surface area (Å²) in [5, 5.41) is 0. The maximum atomic E-state index is 6.77. The lowest BCUT2D eigenvalue weighted by Crippen LogP contribution is -2.37. The Kier molecular flexibility index (Phi) is 4.77. The van der Waals surface area contributed by atoms with Crippen LogP contribution in [0.15, 0.2) is 146 Å². The zero-order valence-corrected chi connectivity index (χ0v) is 21.2. The van der Waals surface area contributed by atoms with E-state index in [1.807, 2.05) is 24.3 Å². The second-order valence-electron chi connectivity index (χ2n) is 10.1. The van der Waals surface area contributed by atoms with Crippen LogP contribution in [0.1, 0.15) is 22.3 Å². The Morgan fingerprint density at radius 1 is 0.359 bits per heavy atom. The van der Waals surface area contributed by atoms with Crippen molar-refractivity contribution < 1.29 is 9.47 Å². The van der Waals surface area contributed by atoms with Gasteiger partial charge in [0.15, 0.2) is 0 Å². The highest BCUT2D eigenvalue weighted by atomic mass is 16.5. The number of rotatable bonds is 2. The minimum Gasteiger partial charge on any atom is -0.457 e. The van der Waals surface area contributed by atoms with E-state index in [4.69, 9.17) is 9.47 Å². The topological polar surface area (TPSA) is 18.5 Å². The molecule has 8 rings (SSSR count). The van der Waals surface area contributed by atoms with Crippen molar-refractivity contribution >= 4 is 0 Å². The molecule has 0 aliphatic carbocycles. The van der Waals surface area contributed by atoms with Gasteiger partial charge in [0.1, 0.15) is 23.0 Å². The third kappa shape index (κ3) is 3.15. The molecule has 184 valence electrons. The molecule has 1 unspecified atom stereocenters. The Morgan fingerprint density at radius 3 is 1.64 bits per heavy atom. The van der Waals surface area contributed by atoms with E-state index in [9.17, 15) is 0 Å². The van der Waals surface area contributed by atoms with Gasteiger partial charge in [-0.3, -0.25) is 0 Å². The first kappa shape index (κ1) is 22.0. The molecule has 0 saturated carbocycles. The zero-order valence-electron chi connectivity index (χ0n) is 21.2. The standard InChI is InChI=1S/C37H24O2/c1-3-12-25(13-4-1)27-22-23-31-35(24-27)38-33-20-9-7-17-29(33)37(31)30-18-8-10-21-34(30)39-36-28(16-11-19-32(36)37)26-14-5-2-6-15-26/h1-24H. The molecule has 0 bridgehead atoms. The molecule has 1 atom stereocenters. The maximum Gasteiger partial charge on any atom is 0.140 e. The zero-order chi connectivity index (χ0) is 25.8. The van der Waals surface area contributed by atoms with Crippen molar-refractivity contribution in [2.45, 2.75) is 5.41 Å². The first-order valence-corrected chi connectivity index (χ1v) is 13.3. The van der Waals surface area contributed by atoms with Crippen LogP contribution in [0.25, 0.3) is 22.3 Å². The Labute approximate surface area is 227 Å². The van der Waals surface area contributed by atoms with Crippen molar-refractivity contribution in [1.82, 2.24) is 0 Å². The fourth-order valence-corrected chi connectivity index (χ4v) is 6.34. The summed E-state index contributed by atoms with van der Waals surface area (Å²) in [4.78, 5) is 0. The Hall–Kier alpha value is -5.08. The van der Waals surface area contributed by atoms with E-state index >= 15 is 0 Å². The summed E-state index contributed by atoms with van der Waals surface area (Å²) in [6, 6.07) is 51.0. The molecule has 2 heteroatoms. The van der Waals surface area contributed by atoms with Gasteiger partial charge in [-0.2, -0.15) is 0 Å². The molecule has 2 heterocycles. The van der Waals surface area contributed by atoms with Gasteiger partial charge in [-0.1, -0.05) is 127 Å². The predicted molar refractivity (Wildman–Crippen MR) is 156 cm³/mol. The van der Waals surface area contributed by atoms with Gasteiger partial charge in [-0.25, -0.2) is 0 Å². The molecule has 0 N–H and O–H groups in total. The van der Waals surface area contributed by atoms with Crippen molar-refractivity contribution in [3.63, 3.8) is 0 Å². The maximum absolute atomic E-state index is 6.77. The third-order valence-corrected chi connectivity index (χ3v) is 8.01. The lowest BCUT2D eigenvalue weighted by Gasteiger charge is -2.45. The van der Waals surface area contributed by atoms with E-state index in [2.05, 4.69) is 121 Å². The van der Waals surface area contributed by atoms with Gasteiger partial charge in [0.2, 0.25) is 0 Å². The largest absolute Gasteiger partial charge is 0.457 e. The van der Waals surface area contributed by atoms with Crippen LogP contribution in [-0.4, -0.2) is 0 Å². The van der Waals surface area contributed by atoms with Gasteiger partial charge >= 0.3 is 0 Å². The smallest absolute Gasteiger partial charge is 0.140 e. The van der Waals surface area contributed by atoms with Crippen LogP contribution in [0.4, 0.5) is 0 Å². The SMILES string of the molecule is c1ccc(-c2ccc3c(c2)Oc2ccccc2C32c3ccccc3Oc3c(-c4ccccc4)cccc32)cc1. The molecule has 2 nitrogen and oxygen atoms in total. The number of hydrogen-bond acceptors (Lipinski definition) is 2. The molecule has 39 heavy (non-hydrogen) atoms. The summed E-state index contributed by atoms with van der Waals surface area (Å²) in [5.74, 6) is 3.48. The average Bonchev–Trinajstić information content (AvgIpc) is 3.01. The highest BCUT2D eigenvalue weighted by Gasteiger charge is 2.50. The van der Waals surface area contributed by atoms with Gasteiger partial charge < -0.3 is 9.47 Å². The number of fused-ring (bicyclic) bond motifs is 8. The fourth-order valence-electron chi connectivity index (χ4n) is 6.34. The van der Waals surface area contributed by atoms with E-state index in [1.54, 1.807) is 0 Å². The summed E-state index contributed by atoms with van der Waals surface area (Å²) >= 11 is 0. The second kappa shape index (κ2) is 8.47. The molecule has 0 radical (unpaired) electrons. The van der Waals surface area contributed by atoms with Crippen LogP contribution < -0.4 is 9.47 Å². The Morgan fingerprint density at radius 2 is 0.923 bits per heavy atom. The summed E-state index contributed by atoms with van der Waals surface area (Å²) in [7, 11) is 0. The van der Waals surface area contributed by atoms with Crippen molar-refractivity contribution in [1.29, 1.82) is 0 Å². The summed E-state index contributed by atoms with van der Waals surface area (Å²) in [6.07, 6.45) is 0. The summed E-state index contributed by atoms with van der Waals surface area (Å²) in [5.41, 5.74) is 8.36. The van der Waals surface area contributed by atoms with Crippen molar-refractivity contribution in [3.8, 4) is 45.3 Å². The molecule has 0 saturated heterocycles. The quantitative estimate of drug-likeness (QED) is 0.235. The molecule has 2 aliphatic rings. The van der Waals surface area contributed by atoms with E-state index in [0.717, 1.165) is 67.5 Å². The number of benzene rings is 6.